The van der Waals surface area contributed by atoms with Crippen molar-refractivity contribution >= 4 is 28.9 Å². The Kier molecular flexibility index (Phi) is 5.70. The average molecular weight is 341 g/mol. The molecule has 0 radical (unpaired) electrons. The number of carbonyl (C=O) groups excluding carboxylic acids is 1. The average Bonchev–Trinajstić information content (AvgIpc) is 2.50. The van der Waals surface area contributed by atoms with Gasteiger partial charge in [0, 0.05) is 19.7 Å². The van der Waals surface area contributed by atoms with Crippen LogP contribution in [0.5, 0.6) is 0 Å². The normalized spacial score (nSPS) is 19.1. The van der Waals surface area contributed by atoms with Gasteiger partial charge in [0.15, 0.2) is 0 Å². The molecule has 0 spiro atoms. The molecule has 1 aliphatic heterocycles. The molecule has 6 N–H and O–H groups in total. The van der Waals surface area contributed by atoms with E-state index in [4.69, 9.17) is 28.2 Å². The third kappa shape index (κ3) is 4.07. The fourth-order valence-corrected chi connectivity index (χ4v) is 2.56. The summed E-state index contributed by atoms with van der Waals surface area (Å²) in [5, 5.41) is 12.0. The zero-order valence-corrected chi connectivity index (χ0v) is 13.1. The molecule has 0 fully saturated rings. The molecule has 1 aromatic rings. The van der Waals surface area contributed by atoms with Gasteiger partial charge in [-0.25, -0.2) is 4.39 Å². The zero-order chi connectivity index (χ0) is 17.0. The summed E-state index contributed by atoms with van der Waals surface area (Å²) in [6, 6.07) is 3.75. The molecule has 0 bridgehead atoms. The van der Waals surface area contributed by atoms with Gasteiger partial charge in [0.05, 0.1) is 28.0 Å². The van der Waals surface area contributed by atoms with Crippen molar-refractivity contribution in [2.24, 2.45) is 16.5 Å². The quantitative estimate of drug-likeness (QED) is 0.582. The van der Waals surface area contributed by atoms with Gasteiger partial charge in [0.1, 0.15) is 5.82 Å². The summed E-state index contributed by atoms with van der Waals surface area (Å²) in [6.45, 7) is 0.913. The van der Waals surface area contributed by atoms with Crippen LogP contribution in [0.1, 0.15) is 12.0 Å². The molecule has 1 heterocycles. The van der Waals surface area contributed by atoms with E-state index in [9.17, 15) is 9.18 Å². The lowest BCUT2D eigenvalue weighted by molar-refractivity contribution is -0.114. The Morgan fingerprint density at radius 2 is 2.22 bits per heavy atom. The fraction of sp³-hybridized carbons (Fsp3) is 0.333. The van der Waals surface area contributed by atoms with Crippen LogP contribution in [-0.4, -0.2) is 42.5 Å². The number of nitrogens with two attached hydrogens (primary N) is 2. The number of hydrogen-bond donors (Lipinski definition) is 4. The minimum Gasteiger partial charge on any atom is -0.398 e. The number of halogens is 2. The molecular weight excluding hydrogens is 323 g/mol. The molecular formula is C15H18ClFN4O2. The molecule has 6 nitrogen and oxygen atoms in total. The number of aliphatic hydroxyl groups is 1. The highest BCUT2D eigenvalue weighted by Gasteiger charge is 2.23. The summed E-state index contributed by atoms with van der Waals surface area (Å²) in [5.74, 6) is -1.31. The third-order valence-corrected chi connectivity index (χ3v) is 3.80. The van der Waals surface area contributed by atoms with Crippen LogP contribution in [0.4, 0.5) is 4.39 Å². The van der Waals surface area contributed by atoms with Gasteiger partial charge in [-0.3, -0.25) is 9.79 Å². The van der Waals surface area contributed by atoms with Crippen LogP contribution in [0.25, 0.3) is 5.70 Å². The van der Waals surface area contributed by atoms with Gasteiger partial charge in [0.25, 0.3) is 5.91 Å². The molecule has 1 amide bonds. The Bertz CT molecular complexity index is 675. The minimum atomic E-state index is -0.729. The van der Waals surface area contributed by atoms with Crippen LogP contribution < -0.4 is 16.8 Å². The van der Waals surface area contributed by atoms with E-state index in [0.29, 0.717) is 30.8 Å². The lowest BCUT2D eigenvalue weighted by atomic mass is 10.00. The second-order valence-electron chi connectivity index (χ2n) is 5.15. The van der Waals surface area contributed by atoms with Crippen molar-refractivity contribution in [3.8, 4) is 0 Å². The third-order valence-electron chi connectivity index (χ3n) is 3.51. The molecule has 2 rings (SSSR count). The van der Waals surface area contributed by atoms with Crippen LogP contribution in [0.15, 0.2) is 28.8 Å². The van der Waals surface area contributed by atoms with Crippen molar-refractivity contribution < 1.29 is 14.3 Å². The smallest absolute Gasteiger partial charge is 0.252 e. The number of amides is 1. The predicted octanol–water partition coefficient (Wildman–Crippen LogP) is 0.429. The molecule has 1 aromatic carbocycles. The number of benzene rings is 1. The molecule has 1 atom stereocenters. The Labute approximate surface area is 138 Å². The van der Waals surface area contributed by atoms with Crippen LogP contribution in [0.2, 0.25) is 5.02 Å². The SMILES string of the molecule is NC(=O)C(C1=NC(CCO)CNC1)=C(N)c1ccc(F)c(Cl)c1. The predicted molar refractivity (Wildman–Crippen MR) is 87.5 cm³/mol. The number of rotatable bonds is 5. The maximum atomic E-state index is 13.3. The first-order valence-electron chi connectivity index (χ1n) is 7.07. The molecule has 0 saturated carbocycles. The summed E-state index contributed by atoms with van der Waals surface area (Å²) in [4.78, 5) is 16.3. The van der Waals surface area contributed by atoms with Gasteiger partial charge in [-0.05, 0) is 30.2 Å². The molecule has 0 aliphatic carbocycles. The van der Waals surface area contributed by atoms with E-state index in [1.54, 1.807) is 0 Å². The van der Waals surface area contributed by atoms with Gasteiger partial charge < -0.3 is 21.9 Å². The zero-order valence-electron chi connectivity index (χ0n) is 12.4. The second kappa shape index (κ2) is 7.54. The van der Waals surface area contributed by atoms with E-state index in [2.05, 4.69) is 10.3 Å². The van der Waals surface area contributed by atoms with E-state index in [1.165, 1.54) is 18.2 Å². The first kappa shape index (κ1) is 17.4. The van der Waals surface area contributed by atoms with E-state index in [0.717, 1.165) is 0 Å². The van der Waals surface area contributed by atoms with E-state index in [1.807, 2.05) is 0 Å². The highest BCUT2D eigenvalue weighted by molar-refractivity contribution is 6.31. The van der Waals surface area contributed by atoms with E-state index >= 15 is 0 Å². The Hall–Kier alpha value is -1.96. The largest absolute Gasteiger partial charge is 0.398 e. The van der Waals surface area contributed by atoms with E-state index in [-0.39, 0.29) is 28.9 Å². The van der Waals surface area contributed by atoms with Gasteiger partial charge in [-0.2, -0.15) is 0 Å². The van der Waals surface area contributed by atoms with Crippen molar-refractivity contribution in [1.29, 1.82) is 0 Å². The second-order valence-corrected chi connectivity index (χ2v) is 5.56. The molecule has 124 valence electrons. The highest BCUT2D eigenvalue weighted by Crippen LogP contribution is 2.22. The van der Waals surface area contributed by atoms with Crippen molar-refractivity contribution in [2.45, 2.75) is 12.5 Å². The number of nitrogens with zero attached hydrogens (tertiary/aromatic N) is 1. The lowest BCUT2D eigenvalue weighted by Gasteiger charge is -2.22. The number of carbonyl (C=O) groups is 1. The Balaban J connectivity index is 2.47. The molecule has 0 aromatic heterocycles. The van der Waals surface area contributed by atoms with Crippen molar-refractivity contribution in [1.82, 2.24) is 5.32 Å². The monoisotopic (exact) mass is 340 g/mol. The number of aliphatic imine (C=N–C) groups is 1. The van der Waals surface area contributed by atoms with Crippen LogP contribution >= 0.6 is 11.6 Å². The number of aliphatic hydroxyl groups excluding tert-OH is 1. The standard InChI is InChI=1S/C15H18ClFN4O2/c16-10-5-8(1-2-11(10)17)14(18)13(15(19)23)12-7-20-6-9(21-12)3-4-22/h1-2,5,9,20,22H,3-4,6-7,18H2,(H2,19,23). The number of primary amides is 1. The van der Waals surface area contributed by atoms with Gasteiger partial charge >= 0.3 is 0 Å². The summed E-state index contributed by atoms with van der Waals surface area (Å²) >= 11 is 5.75. The summed E-state index contributed by atoms with van der Waals surface area (Å²) in [5.41, 5.74) is 12.5. The fourth-order valence-electron chi connectivity index (χ4n) is 2.38. The molecule has 1 aliphatic rings. The summed E-state index contributed by atoms with van der Waals surface area (Å²) in [7, 11) is 0. The Morgan fingerprint density at radius 3 is 2.83 bits per heavy atom. The number of hydrogen-bond acceptors (Lipinski definition) is 5. The van der Waals surface area contributed by atoms with Crippen molar-refractivity contribution in [2.75, 3.05) is 19.7 Å². The van der Waals surface area contributed by atoms with Crippen LogP contribution in [0.3, 0.4) is 0 Å². The van der Waals surface area contributed by atoms with E-state index < -0.39 is 11.7 Å². The highest BCUT2D eigenvalue weighted by atomic mass is 35.5. The first-order valence-corrected chi connectivity index (χ1v) is 7.45. The number of nitrogens with one attached hydrogen (secondary N) is 1. The summed E-state index contributed by atoms with van der Waals surface area (Å²) < 4.78 is 13.3. The van der Waals surface area contributed by atoms with Crippen LogP contribution in [-0.2, 0) is 4.79 Å². The molecule has 0 saturated heterocycles. The topological polar surface area (TPSA) is 114 Å². The maximum absolute atomic E-state index is 13.3. The van der Waals surface area contributed by atoms with Crippen molar-refractivity contribution in [3.05, 3.63) is 40.2 Å². The van der Waals surface area contributed by atoms with Crippen molar-refractivity contribution in [3.63, 3.8) is 0 Å². The van der Waals surface area contributed by atoms with Gasteiger partial charge in [-0.1, -0.05) is 11.6 Å². The molecule has 1 unspecified atom stereocenters. The maximum Gasteiger partial charge on any atom is 0.252 e. The van der Waals surface area contributed by atoms with Gasteiger partial charge in [-0.15, -0.1) is 0 Å². The lowest BCUT2D eigenvalue weighted by Crippen LogP contribution is -2.40. The first-order chi connectivity index (χ1) is 10.9. The molecule has 8 heteroatoms. The summed E-state index contributed by atoms with van der Waals surface area (Å²) in [6.07, 6.45) is 0.463. The van der Waals surface area contributed by atoms with Crippen LogP contribution in [0, 0.1) is 5.82 Å². The Morgan fingerprint density at radius 1 is 1.48 bits per heavy atom. The van der Waals surface area contributed by atoms with Gasteiger partial charge in [0.2, 0.25) is 0 Å². The molecule has 23 heavy (non-hydrogen) atoms. The minimum absolute atomic E-state index is 0.0121.